The maximum atomic E-state index is 10.6. The van der Waals surface area contributed by atoms with E-state index in [2.05, 4.69) is 12.6 Å². The van der Waals surface area contributed by atoms with Gasteiger partial charge in [-0.1, -0.05) is 0 Å². The highest BCUT2D eigenvalue weighted by atomic mass is 32.1. The molecule has 64 valence electrons. The summed E-state index contributed by atoms with van der Waals surface area (Å²) in [5.74, 6) is 0.0494. The molecule has 0 amide bonds. The van der Waals surface area contributed by atoms with Gasteiger partial charge in [0.25, 0.3) is 0 Å². The Kier molecular flexibility index (Phi) is 3.20. The minimum absolute atomic E-state index is 0.248. The second-order valence-electron chi connectivity index (χ2n) is 2.76. The van der Waals surface area contributed by atoms with Gasteiger partial charge in [0.15, 0.2) is 0 Å². The van der Waals surface area contributed by atoms with Crippen molar-refractivity contribution in [3.05, 3.63) is 0 Å². The van der Waals surface area contributed by atoms with E-state index in [1.165, 1.54) is 0 Å². The lowest BCUT2D eigenvalue weighted by Crippen LogP contribution is -2.37. The van der Waals surface area contributed by atoms with E-state index in [4.69, 9.17) is 5.11 Å². The molecule has 1 N–H and O–H groups in total. The van der Waals surface area contributed by atoms with Gasteiger partial charge in [-0.2, -0.15) is 12.6 Å². The van der Waals surface area contributed by atoms with Crippen molar-refractivity contribution in [2.45, 2.75) is 18.9 Å². The van der Waals surface area contributed by atoms with Gasteiger partial charge in [0.1, 0.15) is 6.04 Å². The van der Waals surface area contributed by atoms with E-state index >= 15 is 0 Å². The molecule has 11 heavy (non-hydrogen) atoms. The van der Waals surface area contributed by atoms with Crippen LogP contribution in [-0.4, -0.2) is 40.9 Å². The molecule has 4 heteroatoms. The summed E-state index contributed by atoms with van der Waals surface area (Å²) < 4.78 is 0. The summed E-state index contributed by atoms with van der Waals surface area (Å²) >= 11 is 4.07. The summed E-state index contributed by atoms with van der Waals surface area (Å²) in [6, 6.07) is -0.248. The highest BCUT2D eigenvalue weighted by Gasteiger charge is 2.29. The lowest BCUT2D eigenvalue weighted by Gasteiger charge is -2.19. The van der Waals surface area contributed by atoms with Gasteiger partial charge in [0, 0.05) is 12.3 Å². The van der Waals surface area contributed by atoms with Gasteiger partial charge < -0.3 is 5.11 Å². The second kappa shape index (κ2) is 3.97. The highest BCUT2D eigenvalue weighted by molar-refractivity contribution is 7.80. The van der Waals surface area contributed by atoms with Crippen LogP contribution in [0.4, 0.5) is 0 Å². The molecule has 3 nitrogen and oxygen atoms in total. The third-order valence-corrected chi connectivity index (χ3v) is 2.24. The molecule has 1 atom stereocenters. The van der Waals surface area contributed by atoms with Crippen molar-refractivity contribution in [3.8, 4) is 0 Å². The molecule has 0 aromatic heterocycles. The molecular formula is C7H13NO2S. The molecule has 1 aliphatic heterocycles. The van der Waals surface area contributed by atoms with Crippen LogP contribution in [0, 0.1) is 0 Å². The first-order valence-corrected chi connectivity index (χ1v) is 4.46. The molecule has 0 unspecified atom stereocenters. The predicted molar refractivity (Wildman–Crippen MR) is 46.1 cm³/mol. The SMILES string of the molecule is O=C(O)[C@@H]1CCCN1CCS. The minimum Gasteiger partial charge on any atom is -0.480 e. The number of rotatable bonds is 3. The van der Waals surface area contributed by atoms with Gasteiger partial charge in [-0.3, -0.25) is 9.69 Å². The van der Waals surface area contributed by atoms with Crippen LogP contribution in [0.25, 0.3) is 0 Å². The highest BCUT2D eigenvalue weighted by Crippen LogP contribution is 2.16. The molecule has 0 aromatic carbocycles. The number of hydrogen-bond acceptors (Lipinski definition) is 3. The molecule has 1 saturated heterocycles. The van der Waals surface area contributed by atoms with E-state index in [1.54, 1.807) is 0 Å². The summed E-state index contributed by atoms with van der Waals surface area (Å²) in [6.07, 6.45) is 1.80. The molecule has 0 bridgehead atoms. The van der Waals surface area contributed by atoms with E-state index < -0.39 is 5.97 Å². The fourth-order valence-electron chi connectivity index (χ4n) is 1.50. The Morgan fingerprint density at radius 3 is 3.00 bits per heavy atom. The monoisotopic (exact) mass is 175 g/mol. The van der Waals surface area contributed by atoms with Crippen molar-refractivity contribution in [2.24, 2.45) is 0 Å². The molecule has 1 heterocycles. The van der Waals surface area contributed by atoms with Crippen molar-refractivity contribution < 1.29 is 9.90 Å². The summed E-state index contributed by atoms with van der Waals surface area (Å²) in [7, 11) is 0. The van der Waals surface area contributed by atoms with Crippen LogP contribution in [0.5, 0.6) is 0 Å². The van der Waals surface area contributed by atoms with Gasteiger partial charge in [-0.05, 0) is 19.4 Å². The third kappa shape index (κ3) is 2.10. The topological polar surface area (TPSA) is 40.5 Å². The largest absolute Gasteiger partial charge is 0.480 e. The van der Waals surface area contributed by atoms with Crippen LogP contribution in [0.1, 0.15) is 12.8 Å². The summed E-state index contributed by atoms with van der Waals surface area (Å²) in [4.78, 5) is 12.6. The van der Waals surface area contributed by atoms with Crippen molar-refractivity contribution >= 4 is 18.6 Å². The first-order valence-electron chi connectivity index (χ1n) is 3.83. The van der Waals surface area contributed by atoms with E-state index in [9.17, 15) is 4.79 Å². The predicted octanol–water partition coefficient (Wildman–Crippen LogP) is 0.465. The first-order chi connectivity index (χ1) is 5.25. The van der Waals surface area contributed by atoms with E-state index in [1.807, 2.05) is 4.90 Å². The van der Waals surface area contributed by atoms with Crippen molar-refractivity contribution in [1.29, 1.82) is 0 Å². The number of carboxylic acid groups (broad SMARTS) is 1. The molecule has 1 rings (SSSR count). The van der Waals surface area contributed by atoms with E-state index in [0.717, 1.165) is 31.7 Å². The second-order valence-corrected chi connectivity index (χ2v) is 3.20. The number of thiol groups is 1. The summed E-state index contributed by atoms with van der Waals surface area (Å²) in [5.41, 5.74) is 0. The fourth-order valence-corrected chi connectivity index (χ4v) is 1.76. The van der Waals surface area contributed by atoms with Gasteiger partial charge in [0.05, 0.1) is 0 Å². The lowest BCUT2D eigenvalue weighted by molar-refractivity contribution is -0.142. The average molecular weight is 175 g/mol. The minimum atomic E-state index is -0.690. The molecule has 0 saturated carbocycles. The molecule has 0 spiro atoms. The fraction of sp³-hybridized carbons (Fsp3) is 0.857. The molecular weight excluding hydrogens is 162 g/mol. The number of aliphatic carboxylic acids is 1. The average Bonchev–Trinajstić information content (AvgIpc) is 2.36. The Balaban J connectivity index is 2.44. The normalized spacial score (nSPS) is 25.7. The summed E-state index contributed by atoms with van der Waals surface area (Å²) in [6.45, 7) is 1.71. The smallest absolute Gasteiger partial charge is 0.320 e. The Morgan fingerprint density at radius 1 is 1.73 bits per heavy atom. The first kappa shape index (κ1) is 8.87. The quantitative estimate of drug-likeness (QED) is 0.612. The summed E-state index contributed by atoms with van der Waals surface area (Å²) in [5, 5.41) is 8.74. The molecule has 1 fully saturated rings. The van der Waals surface area contributed by atoms with E-state index in [-0.39, 0.29) is 6.04 Å². The van der Waals surface area contributed by atoms with E-state index in [0.29, 0.717) is 0 Å². The van der Waals surface area contributed by atoms with Crippen LogP contribution in [-0.2, 0) is 4.79 Å². The zero-order valence-electron chi connectivity index (χ0n) is 6.36. The molecule has 0 radical (unpaired) electrons. The standard InChI is InChI=1S/C7H13NO2S/c9-7(10)6-2-1-3-8(6)4-5-11/h6,11H,1-5H2,(H,9,10)/t6-/m0/s1. The zero-order chi connectivity index (χ0) is 8.27. The Labute approximate surface area is 71.8 Å². The number of carbonyl (C=O) groups is 1. The van der Waals surface area contributed by atoms with Crippen LogP contribution < -0.4 is 0 Å². The van der Waals surface area contributed by atoms with Crippen molar-refractivity contribution in [3.63, 3.8) is 0 Å². The number of carboxylic acids is 1. The molecule has 0 aliphatic carbocycles. The van der Waals surface area contributed by atoms with Gasteiger partial charge in [-0.15, -0.1) is 0 Å². The maximum Gasteiger partial charge on any atom is 0.320 e. The van der Waals surface area contributed by atoms with Crippen LogP contribution in [0.15, 0.2) is 0 Å². The van der Waals surface area contributed by atoms with Crippen LogP contribution in [0.2, 0.25) is 0 Å². The Bertz CT molecular complexity index is 151. The van der Waals surface area contributed by atoms with Crippen molar-refractivity contribution in [2.75, 3.05) is 18.8 Å². The Hall–Kier alpha value is -0.220. The molecule has 0 aromatic rings. The number of nitrogens with zero attached hydrogens (tertiary/aromatic N) is 1. The van der Waals surface area contributed by atoms with Crippen LogP contribution >= 0.6 is 12.6 Å². The van der Waals surface area contributed by atoms with Crippen LogP contribution in [0.3, 0.4) is 0 Å². The third-order valence-electron chi connectivity index (χ3n) is 2.04. The van der Waals surface area contributed by atoms with Gasteiger partial charge in [0.2, 0.25) is 0 Å². The molecule has 1 aliphatic rings. The van der Waals surface area contributed by atoms with Gasteiger partial charge >= 0.3 is 5.97 Å². The number of hydrogen-bond donors (Lipinski definition) is 2. The lowest BCUT2D eigenvalue weighted by atomic mass is 10.2. The zero-order valence-corrected chi connectivity index (χ0v) is 7.26. The van der Waals surface area contributed by atoms with Gasteiger partial charge in [-0.25, -0.2) is 0 Å². The maximum absolute atomic E-state index is 10.6. The Morgan fingerprint density at radius 2 is 2.45 bits per heavy atom. The number of likely N-dealkylation sites (tertiary alicyclic amines) is 1. The van der Waals surface area contributed by atoms with Crippen molar-refractivity contribution in [1.82, 2.24) is 4.90 Å².